The first-order chi connectivity index (χ1) is 8.40. The largest absolute Gasteiger partial charge is 0.481 e. The molecular weight excluding hydrogens is 236 g/mol. The molecular formula is C12H16N2O4. The van der Waals surface area contributed by atoms with Crippen LogP contribution in [0.25, 0.3) is 0 Å². The van der Waals surface area contributed by atoms with Crippen LogP contribution < -0.4 is 10.9 Å². The molecule has 0 aromatic carbocycles. The molecule has 1 unspecified atom stereocenters. The first-order valence-corrected chi connectivity index (χ1v) is 5.57. The monoisotopic (exact) mass is 252 g/mol. The quantitative estimate of drug-likeness (QED) is 0.785. The van der Waals surface area contributed by atoms with Gasteiger partial charge in [0.15, 0.2) is 0 Å². The number of aromatic nitrogens is 1. The van der Waals surface area contributed by atoms with E-state index in [1.807, 2.05) is 0 Å². The van der Waals surface area contributed by atoms with Crippen molar-refractivity contribution in [1.82, 2.24) is 9.88 Å². The summed E-state index contributed by atoms with van der Waals surface area (Å²) < 4.78 is 1.36. The Kier molecular flexibility index (Phi) is 4.65. The van der Waals surface area contributed by atoms with E-state index in [9.17, 15) is 14.4 Å². The molecule has 1 atom stereocenters. The molecule has 0 aliphatic heterocycles. The van der Waals surface area contributed by atoms with Gasteiger partial charge in [-0.1, -0.05) is 6.92 Å². The van der Waals surface area contributed by atoms with Gasteiger partial charge >= 0.3 is 5.97 Å². The Morgan fingerprint density at radius 3 is 2.72 bits per heavy atom. The molecule has 0 aliphatic carbocycles. The van der Waals surface area contributed by atoms with Crippen LogP contribution in [-0.4, -0.2) is 28.1 Å². The number of aryl methyl sites for hydroxylation is 1. The number of aliphatic carboxylic acids is 1. The summed E-state index contributed by atoms with van der Waals surface area (Å²) in [7, 11) is 1.60. The molecule has 0 aliphatic rings. The lowest BCUT2D eigenvalue weighted by atomic mass is 10.1. The molecule has 98 valence electrons. The Morgan fingerprint density at radius 2 is 2.17 bits per heavy atom. The average Bonchev–Trinajstić information content (AvgIpc) is 2.28. The minimum Gasteiger partial charge on any atom is -0.481 e. The zero-order valence-electron chi connectivity index (χ0n) is 10.3. The molecule has 2 N–H and O–H groups in total. The fourth-order valence-electron chi connectivity index (χ4n) is 1.43. The van der Waals surface area contributed by atoms with Gasteiger partial charge in [-0.15, -0.1) is 0 Å². The number of carboxylic acid groups (broad SMARTS) is 1. The van der Waals surface area contributed by atoms with E-state index in [2.05, 4.69) is 5.32 Å². The van der Waals surface area contributed by atoms with E-state index < -0.39 is 5.97 Å². The van der Waals surface area contributed by atoms with E-state index in [1.54, 1.807) is 20.0 Å². The van der Waals surface area contributed by atoms with E-state index in [0.717, 1.165) is 0 Å². The third-order valence-corrected chi connectivity index (χ3v) is 2.50. The number of carbonyl (C=O) groups is 2. The molecule has 0 bridgehead atoms. The maximum atomic E-state index is 11.7. The SMILES string of the molecule is CC(CNC(=O)c1ccn(C)c(=O)c1)CC(=O)O. The highest BCUT2D eigenvalue weighted by Crippen LogP contribution is 2.01. The van der Waals surface area contributed by atoms with Gasteiger partial charge in [-0.05, 0) is 12.0 Å². The number of carboxylic acids is 1. The second-order valence-corrected chi connectivity index (χ2v) is 4.28. The van der Waals surface area contributed by atoms with Crippen molar-refractivity contribution >= 4 is 11.9 Å². The number of amides is 1. The van der Waals surface area contributed by atoms with E-state index in [-0.39, 0.29) is 35.9 Å². The summed E-state index contributed by atoms with van der Waals surface area (Å²) in [6.45, 7) is 2.00. The van der Waals surface area contributed by atoms with Crippen molar-refractivity contribution in [2.75, 3.05) is 6.54 Å². The zero-order chi connectivity index (χ0) is 13.7. The Bertz CT molecular complexity index is 507. The lowest BCUT2D eigenvalue weighted by Crippen LogP contribution is -2.30. The van der Waals surface area contributed by atoms with Crippen LogP contribution in [0, 0.1) is 5.92 Å². The number of nitrogens with one attached hydrogen (secondary N) is 1. The second kappa shape index (κ2) is 6.00. The summed E-state index contributed by atoms with van der Waals surface area (Å²) in [5.74, 6) is -1.42. The van der Waals surface area contributed by atoms with Crippen LogP contribution in [0.1, 0.15) is 23.7 Å². The van der Waals surface area contributed by atoms with E-state index >= 15 is 0 Å². The highest BCUT2D eigenvalue weighted by atomic mass is 16.4. The molecule has 6 heteroatoms. The lowest BCUT2D eigenvalue weighted by molar-refractivity contribution is -0.137. The molecule has 1 amide bonds. The molecule has 0 saturated heterocycles. The topological polar surface area (TPSA) is 88.4 Å². The van der Waals surface area contributed by atoms with Crippen molar-refractivity contribution in [3.63, 3.8) is 0 Å². The first-order valence-electron chi connectivity index (χ1n) is 5.57. The predicted molar refractivity (Wildman–Crippen MR) is 65.4 cm³/mol. The van der Waals surface area contributed by atoms with Gasteiger partial charge in [-0.2, -0.15) is 0 Å². The number of carbonyl (C=O) groups excluding carboxylic acids is 1. The number of hydrogen-bond acceptors (Lipinski definition) is 3. The molecule has 1 heterocycles. The minimum absolute atomic E-state index is 0.00314. The normalized spacial score (nSPS) is 11.9. The molecule has 6 nitrogen and oxygen atoms in total. The number of hydrogen-bond donors (Lipinski definition) is 2. The molecule has 18 heavy (non-hydrogen) atoms. The number of pyridine rings is 1. The van der Waals surface area contributed by atoms with E-state index in [0.29, 0.717) is 0 Å². The summed E-state index contributed by atoms with van der Waals surface area (Å²) in [4.78, 5) is 33.5. The fraction of sp³-hybridized carbons (Fsp3) is 0.417. The van der Waals surface area contributed by atoms with Crippen molar-refractivity contribution < 1.29 is 14.7 Å². The molecule has 1 rings (SSSR count). The van der Waals surface area contributed by atoms with Crippen LogP contribution in [0.3, 0.4) is 0 Å². The van der Waals surface area contributed by atoms with Crippen molar-refractivity contribution in [3.05, 3.63) is 34.2 Å². The average molecular weight is 252 g/mol. The first kappa shape index (κ1) is 14.0. The molecule has 0 spiro atoms. The third-order valence-electron chi connectivity index (χ3n) is 2.50. The third kappa shape index (κ3) is 4.04. The van der Waals surface area contributed by atoms with Crippen molar-refractivity contribution in [1.29, 1.82) is 0 Å². The van der Waals surface area contributed by atoms with E-state index in [1.165, 1.54) is 16.8 Å². The molecule has 1 aromatic rings. The highest BCUT2D eigenvalue weighted by molar-refractivity contribution is 5.93. The summed E-state index contributed by atoms with van der Waals surface area (Å²) in [5.41, 5.74) is 0.0156. The van der Waals surface area contributed by atoms with Gasteiger partial charge in [-0.3, -0.25) is 14.4 Å². The van der Waals surface area contributed by atoms with Crippen LogP contribution in [0.2, 0.25) is 0 Å². The van der Waals surface area contributed by atoms with Crippen LogP contribution >= 0.6 is 0 Å². The number of rotatable bonds is 5. The summed E-state index contributed by atoms with van der Waals surface area (Å²) in [6.07, 6.45) is 1.51. The van der Waals surface area contributed by atoms with Gasteiger partial charge in [0.05, 0.1) is 0 Å². The van der Waals surface area contributed by atoms with Gasteiger partial charge in [0.2, 0.25) is 0 Å². The smallest absolute Gasteiger partial charge is 0.303 e. The van der Waals surface area contributed by atoms with E-state index in [4.69, 9.17) is 5.11 Å². The fourth-order valence-corrected chi connectivity index (χ4v) is 1.43. The minimum atomic E-state index is -0.898. The van der Waals surface area contributed by atoms with Crippen LogP contribution in [0.4, 0.5) is 0 Å². The Hall–Kier alpha value is -2.11. The maximum Gasteiger partial charge on any atom is 0.303 e. The maximum absolute atomic E-state index is 11.7. The highest BCUT2D eigenvalue weighted by Gasteiger charge is 2.11. The number of nitrogens with zero attached hydrogens (tertiary/aromatic N) is 1. The van der Waals surface area contributed by atoms with Gasteiger partial charge in [0.1, 0.15) is 0 Å². The van der Waals surface area contributed by atoms with Gasteiger partial charge < -0.3 is 15.0 Å². The Morgan fingerprint density at radius 1 is 1.50 bits per heavy atom. The van der Waals surface area contributed by atoms with Gasteiger partial charge in [0, 0.05) is 37.8 Å². The van der Waals surface area contributed by atoms with Crippen LogP contribution in [-0.2, 0) is 11.8 Å². The van der Waals surface area contributed by atoms with Crippen molar-refractivity contribution in [2.24, 2.45) is 13.0 Å². The van der Waals surface area contributed by atoms with Crippen molar-refractivity contribution in [3.8, 4) is 0 Å². The van der Waals surface area contributed by atoms with Gasteiger partial charge in [0.25, 0.3) is 11.5 Å². The Balaban J connectivity index is 2.58. The van der Waals surface area contributed by atoms with Gasteiger partial charge in [-0.25, -0.2) is 0 Å². The molecule has 0 fully saturated rings. The standard InChI is InChI=1S/C12H16N2O4/c1-8(5-11(16)17)7-13-12(18)9-3-4-14(2)10(15)6-9/h3-4,6,8H,5,7H2,1-2H3,(H,13,18)(H,16,17). The van der Waals surface area contributed by atoms with Crippen LogP contribution in [0.5, 0.6) is 0 Å². The summed E-state index contributed by atoms with van der Waals surface area (Å²) in [5, 5.41) is 11.2. The second-order valence-electron chi connectivity index (χ2n) is 4.28. The van der Waals surface area contributed by atoms with Crippen LogP contribution in [0.15, 0.2) is 23.1 Å². The summed E-state index contributed by atoms with van der Waals surface area (Å²) >= 11 is 0. The van der Waals surface area contributed by atoms with Crippen molar-refractivity contribution in [2.45, 2.75) is 13.3 Å². The molecule has 0 saturated carbocycles. The molecule has 0 radical (unpaired) electrons. The Labute approximate surface area is 104 Å². The summed E-state index contributed by atoms with van der Waals surface area (Å²) in [6, 6.07) is 2.79. The lowest BCUT2D eigenvalue weighted by Gasteiger charge is -2.10. The molecule has 1 aromatic heterocycles. The zero-order valence-corrected chi connectivity index (χ0v) is 10.3. The predicted octanol–water partition coefficient (Wildman–Crippen LogP) is 0.226.